The van der Waals surface area contributed by atoms with E-state index in [2.05, 4.69) is 10.6 Å². The summed E-state index contributed by atoms with van der Waals surface area (Å²) < 4.78 is 0. The molecule has 0 radical (unpaired) electrons. The second-order valence-electron chi connectivity index (χ2n) is 4.98. The van der Waals surface area contributed by atoms with E-state index in [1.807, 2.05) is 6.92 Å². The van der Waals surface area contributed by atoms with Gasteiger partial charge in [-0.2, -0.15) is 0 Å². The maximum atomic E-state index is 11.6. The molecule has 17 heavy (non-hydrogen) atoms. The van der Waals surface area contributed by atoms with Crippen molar-refractivity contribution in [3.05, 3.63) is 0 Å². The molecule has 1 rings (SSSR count). The molecule has 0 spiro atoms. The van der Waals surface area contributed by atoms with Gasteiger partial charge in [0, 0.05) is 19.4 Å². The fourth-order valence-electron chi connectivity index (χ4n) is 2.15. The van der Waals surface area contributed by atoms with Crippen molar-refractivity contribution < 1.29 is 9.59 Å². The first-order valence-electron chi connectivity index (χ1n) is 6.33. The van der Waals surface area contributed by atoms with Crippen molar-refractivity contribution in [1.82, 2.24) is 10.6 Å². The van der Waals surface area contributed by atoms with Crippen molar-refractivity contribution in [2.24, 2.45) is 17.6 Å². The van der Waals surface area contributed by atoms with Crippen LogP contribution in [0.2, 0.25) is 0 Å². The van der Waals surface area contributed by atoms with Crippen molar-refractivity contribution >= 4 is 11.8 Å². The van der Waals surface area contributed by atoms with Crippen LogP contribution in [0.4, 0.5) is 0 Å². The van der Waals surface area contributed by atoms with Crippen LogP contribution in [0.25, 0.3) is 0 Å². The molecule has 0 aromatic rings. The van der Waals surface area contributed by atoms with Crippen LogP contribution in [0.15, 0.2) is 0 Å². The summed E-state index contributed by atoms with van der Waals surface area (Å²) in [5.74, 6) is 0.299. The van der Waals surface area contributed by atoms with Crippen molar-refractivity contribution in [3.8, 4) is 0 Å². The first-order valence-corrected chi connectivity index (χ1v) is 6.33. The summed E-state index contributed by atoms with van der Waals surface area (Å²) in [6.45, 7) is 4.70. The van der Waals surface area contributed by atoms with E-state index in [-0.39, 0.29) is 24.2 Å². The lowest BCUT2D eigenvalue weighted by molar-refractivity contribution is -0.122. The third-order valence-corrected chi connectivity index (χ3v) is 3.13. The maximum Gasteiger partial charge on any atom is 0.220 e. The zero-order chi connectivity index (χ0) is 12.7. The van der Waals surface area contributed by atoms with Gasteiger partial charge in [0.15, 0.2) is 0 Å². The molecule has 0 unspecified atom stereocenters. The Morgan fingerprint density at radius 2 is 2.00 bits per heavy atom. The Hall–Kier alpha value is -1.10. The van der Waals surface area contributed by atoms with E-state index < -0.39 is 0 Å². The number of rotatable bonds is 6. The minimum Gasteiger partial charge on any atom is -0.370 e. The average Bonchev–Trinajstić information content (AvgIpc) is 2.26. The molecule has 1 fully saturated rings. The Bertz CT molecular complexity index is 262. The number of hydrogen-bond acceptors (Lipinski definition) is 3. The lowest BCUT2D eigenvalue weighted by Crippen LogP contribution is -2.36. The van der Waals surface area contributed by atoms with Crippen LogP contribution < -0.4 is 16.4 Å². The van der Waals surface area contributed by atoms with Crippen LogP contribution in [0.1, 0.15) is 32.6 Å². The molecule has 0 aromatic heterocycles. The second-order valence-corrected chi connectivity index (χ2v) is 4.98. The number of amides is 2. The van der Waals surface area contributed by atoms with E-state index in [0.29, 0.717) is 12.3 Å². The van der Waals surface area contributed by atoms with E-state index >= 15 is 0 Å². The lowest BCUT2D eigenvalue weighted by atomic mass is 9.98. The first kappa shape index (κ1) is 14.0. The van der Waals surface area contributed by atoms with Gasteiger partial charge < -0.3 is 16.4 Å². The highest BCUT2D eigenvalue weighted by atomic mass is 16.2. The molecule has 0 aromatic carbocycles. The minimum absolute atomic E-state index is 0.0253. The summed E-state index contributed by atoms with van der Waals surface area (Å²) in [6, 6.07) is 0. The molecular weight excluding hydrogens is 218 g/mol. The fourth-order valence-corrected chi connectivity index (χ4v) is 2.15. The quantitative estimate of drug-likeness (QED) is 0.612. The smallest absolute Gasteiger partial charge is 0.220 e. The van der Waals surface area contributed by atoms with E-state index in [9.17, 15) is 9.59 Å². The van der Waals surface area contributed by atoms with Gasteiger partial charge >= 0.3 is 0 Å². The van der Waals surface area contributed by atoms with Crippen LogP contribution >= 0.6 is 0 Å². The number of hydrogen-bond donors (Lipinski definition) is 3. The highest BCUT2D eigenvalue weighted by Crippen LogP contribution is 2.11. The molecule has 0 bridgehead atoms. The molecule has 2 amide bonds. The number of nitrogens with one attached hydrogen (secondary N) is 2. The Kier molecular flexibility index (Phi) is 5.97. The molecule has 1 aliphatic rings. The topological polar surface area (TPSA) is 84.2 Å². The first-order chi connectivity index (χ1) is 8.08. The Balaban J connectivity index is 2.13. The molecule has 98 valence electrons. The number of primary amides is 1. The minimum atomic E-state index is -0.344. The zero-order valence-corrected chi connectivity index (χ0v) is 10.5. The molecular formula is C12H23N3O2. The molecule has 4 N–H and O–H groups in total. The molecule has 0 aliphatic carbocycles. The van der Waals surface area contributed by atoms with Crippen molar-refractivity contribution in [2.45, 2.75) is 32.6 Å². The molecule has 1 aliphatic heterocycles. The van der Waals surface area contributed by atoms with Crippen molar-refractivity contribution in [2.75, 3.05) is 19.6 Å². The summed E-state index contributed by atoms with van der Waals surface area (Å²) in [5, 5.41) is 6.23. The van der Waals surface area contributed by atoms with Crippen LogP contribution in [-0.2, 0) is 9.59 Å². The van der Waals surface area contributed by atoms with Crippen LogP contribution in [-0.4, -0.2) is 31.4 Å². The third kappa shape index (κ3) is 6.26. The Labute approximate surface area is 103 Å². The van der Waals surface area contributed by atoms with Gasteiger partial charge in [0.05, 0.1) is 0 Å². The SMILES string of the molecule is C[C@H](CC(N)=O)CC(=O)NCC1CCNCC1. The van der Waals surface area contributed by atoms with Gasteiger partial charge in [-0.05, 0) is 37.8 Å². The summed E-state index contributed by atoms with van der Waals surface area (Å²) in [4.78, 5) is 22.3. The third-order valence-electron chi connectivity index (χ3n) is 3.13. The number of nitrogens with two attached hydrogens (primary N) is 1. The van der Waals surface area contributed by atoms with Gasteiger partial charge in [0.25, 0.3) is 0 Å². The average molecular weight is 241 g/mol. The number of carbonyl (C=O) groups is 2. The van der Waals surface area contributed by atoms with Crippen LogP contribution in [0, 0.1) is 11.8 Å². The lowest BCUT2D eigenvalue weighted by Gasteiger charge is -2.23. The molecule has 0 saturated carbocycles. The number of piperidine rings is 1. The van der Waals surface area contributed by atoms with Gasteiger partial charge in [-0.15, -0.1) is 0 Å². The molecule has 1 heterocycles. The van der Waals surface area contributed by atoms with E-state index in [1.54, 1.807) is 0 Å². The Morgan fingerprint density at radius 1 is 1.35 bits per heavy atom. The van der Waals surface area contributed by atoms with Crippen LogP contribution in [0.3, 0.4) is 0 Å². The molecule has 5 nitrogen and oxygen atoms in total. The highest BCUT2D eigenvalue weighted by Gasteiger charge is 2.15. The maximum absolute atomic E-state index is 11.6. The standard InChI is InChI=1S/C12H23N3O2/c1-9(6-11(13)16)7-12(17)15-8-10-2-4-14-5-3-10/h9-10,14H,2-8H2,1H3,(H2,13,16)(H,15,17)/t9-/m1/s1. The van der Waals surface area contributed by atoms with E-state index in [4.69, 9.17) is 5.73 Å². The summed E-state index contributed by atoms with van der Waals surface area (Å²) in [6.07, 6.45) is 2.91. The van der Waals surface area contributed by atoms with Gasteiger partial charge in [0.1, 0.15) is 0 Å². The van der Waals surface area contributed by atoms with Gasteiger partial charge in [-0.25, -0.2) is 0 Å². The monoisotopic (exact) mass is 241 g/mol. The second kappa shape index (κ2) is 7.27. The summed E-state index contributed by atoms with van der Waals surface area (Å²) in [5.41, 5.74) is 5.08. The highest BCUT2D eigenvalue weighted by molar-refractivity contribution is 5.78. The molecule has 1 atom stereocenters. The number of carbonyl (C=O) groups excluding carboxylic acids is 2. The normalized spacial score (nSPS) is 18.6. The largest absolute Gasteiger partial charge is 0.370 e. The summed E-state index contributed by atoms with van der Waals surface area (Å²) >= 11 is 0. The van der Waals surface area contributed by atoms with E-state index in [1.165, 1.54) is 0 Å². The zero-order valence-electron chi connectivity index (χ0n) is 10.5. The fraction of sp³-hybridized carbons (Fsp3) is 0.833. The van der Waals surface area contributed by atoms with E-state index in [0.717, 1.165) is 32.5 Å². The van der Waals surface area contributed by atoms with Gasteiger partial charge in [-0.1, -0.05) is 6.92 Å². The molecule has 5 heteroatoms. The predicted octanol–water partition coefficient (Wildman–Crippen LogP) is 0.00380. The van der Waals surface area contributed by atoms with Crippen molar-refractivity contribution in [1.29, 1.82) is 0 Å². The predicted molar refractivity (Wildman–Crippen MR) is 66.2 cm³/mol. The Morgan fingerprint density at radius 3 is 2.59 bits per heavy atom. The summed E-state index contributed by atoms with van der Waals surface area (Å²) in [7, 11) is 0. The molecule has 1 saturated heterocycles. The van der Waals surface area contributed by atoms with Gasteiger partial charge in [-0.3, -0.25) is 9.59 Å². The van der Waals surface area contributed by atoms with Crippen LogP contribution in [0.5, 0.6) is 0 Å². The van der Waals surface area contributed by atoms with Crippen molar-refractivity contribution in [3.63, 3.8) is 0 Å². The van der Waals surface area contributed by atoms with Gasteiger partial charge in [0.2, 0.25) is 11.8 Å².